The first-order chi connectivity index (χ1) is 7.85. The van der Waals surface area contributed by atoms with Gasteiger partial charge < -0.3 is 9.84 Å². The lowest BCUT2D eigenvalue weighted by Gasteiger charge is -2.06. The van der Waals surface area contributed by atoms with Crippen LogP contribution in [0.1, 0.15) is 37.7 Å². The third kappa shape index (κ3) is 2.73. The summed E-state index contributed by atoms with van der Waals surface area (Å²) in [4.78, 5) is 4.19. The SMILES string of the molecule is CCCCOc1cncc(C2CC2CO)c1. The summed E-state index contributed by atoms with van der Waals surface area (Å²) in [5, 5.41) is 9.03. The van der Waals surface area contributed by atoms with Crippen molar-refractivity contribution in [1.82, 2.24) is 4.98 Å². The van der Waals surface area contributed by atoms with Gasteiger partial charge in [0, 0.05) is 12.8 Å². The molecule has 0 spiro atoms. The second-order valence-corrected chi connectivity index (χ2v) is 4.44. The topological polar surface area (TPSA) is 42.4 Å². The maximum atomic E-state index is 9.03. The number of ether oxygens (including phenoxy) is 1. The Bertz CT molecular complexity index is 340. The van der Waals surface area contributed by atoms with E-state index in [9.17, 15) is 0 Å². The summed E-state index contributed by atoms with van der Waals surface area (Å²) < 4.78 is 5.61. The van der Waals surface area contributed by atoms with E-state index < -0.39 is 0 Å². The Hall–Kier alpha value is -1.09. The molecule has 0 bridgehead atoms. The van der Waals surface area contributed by atoms with Crippen molar-refractivity contribution in [2.24, 2.45) is 5.92 Å². The normalized spacial score (nSPS) is 23.1. The third-order valence-corrected chi connectivity index (χ3v) is 3.09. The van der Waals surface area contributed by atoms with Gasteiger partial charge in [-0.05, 0) is 36.3 Å². The lowest BCUT2D eigenvalue weighted by molar-refractivity contribution is 0.273. The van der Waals surface area contributed by atoms with E-state index in [1.54, 1.807) is 6.20 Å². The average Bonchev–Trinajstić information content (AvgIpc) is 3.09. The molecule has 1 aromatic heterocycles. The van der Waals surface area contributed by atoms with Crippen molar-refractivity contribution in [1.29, 1.82) is 0 Å². The number of aliphatic hydroxyl groups is 1. The molecule has 1 aromatic rings. The van der Waals surface area contributed by atoms with Gasteiger partial charge >= 0.3 is 0 Å². The summed E-state index contributed by atoms with van der Waals surface area (Å²) in [5.74, 6) is 1.79. The first-order valence-corrected chi connectivity index (χ1v) is 6.03. The lowest BCUT2D eigenvalue weighted by Crippen LogP contribution is -1.98. The van der Waals surface area contributed by atoms with Gasteiger partial charge in [0.25, 0.3) is 0 Å². The second kappa shape index (κ2) is 5.30. The molecule has 0 aliphatic heterocycles. The van der Waals surface area contributed by atoms with E-state index in [-0.39, 0.29) is 6.61 Å². The van der Waals surface area contributed by atoms with Crippen molar-refractivity contribution in [3.63, 3.8) is 0 Å². The molecule has 0 aromatic carbocycles. The fourth-order valence-electron chi connectivity index (χ4n) is 1.91. The summed E-state index contributed by atoms with van der Waals surface area (Å²) in [7, 11) is 0. The molecule has 0 amide bonds. The van der Waals surface area contributed by atoms with Crippen LogP contribution in [0.2, 0.25) is 0 Å². The zero-order valence-electron chi connectivity index (χ0n) is 9.72. The third-order valence-electron chi connectivity index (χ3n) is 3.09. The van der Waals surface area contributed by atoms with Gasteiger partial charge in [0.05, 0.1) is 12.8 Å². The number of aliphatic hydroxyl groups excluding tert-OH is 1. The fourth-order valence-corrected chi connectivity index (χ4v) is 1.91. The monoisotopic (exact) mass is 221 g/mol. The van der Waals surface area contributed by atoms with Crippen LogP contribution in [0.5, 0.6) is 5.75 Å². The molecule has 16 heavy (non-hydrogen) atoms. The Morgan fingerprint density at radius 1 is 1.50 bits per heavy atom. The molecule has 88 valence electrons. The van der Waals surface area contributed by atoms with Crippen molar-refractivity contribution in [3.05, 3.63) is 24.0 Å². The van der Waals surface area contributed by atoms with Crippen LogP contribution in [0.25, 0.3) is 0 Å². The molecule has 1 N–H and O–H groups in total. The molecule has 1 saturated carbocycles. The molecular formula is C13H19NO2. The molecule has 2 unspecified atom stereocenters. The number of hydrogen-bond donors (Lipinski definition) is 1. The number of pyridine rings is 1. The van der Waals surface area contributed by atoms with Crippen molar-refractivity contribution in [3.8, 4) is 5.75 Å². The summed E-state index contributed by atoms with van der Waals surface area (Å²) in [5.41, 5.74) is 1.20. The predicted molar refractivity (Wildman–Crippen MR) is 62.6 cm³/mol. The van der Waals surface area contributed by atoms with E-state index in [2.05, 4.69) is 18.0 Å². The van der Waals surface area contributed by atoms with Gasteiger partial charge in [0.2, 0.25) is 0 Å². The molecule has 3 heteroatoms. The summed E-state index contributed by atoms with van der Waals surface area (Å²) >= 11 is 0. The Labute approximate surface area is 96.5 Å². The van der Waals surface area contributed by atoms with Crippen LogP contribution in [0.15, 0.2) is 18.5 Å². The van der Waals surface area contributed by atoms with Gasteiger partial charge in [-0.3, -0.25) is 4.98 Å². The minimum Gasteiger partial charge on any atom is -0.492 e. The Kier molecular flexibility index (Phi) is 3.78. The van der Waals surface area contributed by atoms with Gasteiger partial charge in [-0.25, -0.2) is 0 Å². The second-order valence-electron chi connectivity index (χ2n) is 4.44. The van der Waals surface area contributed by atoms with Gasteiger partial charge in [0.1, 0.15) is 5.75 Å². The highest BCUT2D eigenvalue weighted by molar-refractivity contribution is 5.30. The van der Waals surface area contributed by atoms with E-state index in [0.29, 0.717) is 11.8 Å². The summed E-state index contributed by atoms with van der Waals surface area (Å²) in [6.07, 6.45) is 6.94. The quantitative estimate of drug-likeness (QED) is 0.750. The highest BCUT2D eigenvalue weighted by Gasteiger charge is 2.37. The van der Waals surface area contributed by atoms with Crippen molar-refractivity contribution in [2.75, 3.05) is 13.2 Å². The Morgan fingerprint density at radius 3 is 3.06 bits per heavy atom. The van der Waals surface area contributed by atoms with E-state index in [4.69, 9.17) is 9.84 Å². The van der Waals surface area contributed by atoms with Gasteiger partial charge in [-0.15, -0.1) is 0 Å². The standard InChI is InChI=1S/C13H19NO2/c1-2-3-4-16-12-5-10(7-14-8-12)13-6-11(13)9-15/h5,7-8,11,13,15H,2-4,6,9H2,1H3. The molecule has 1 heterocycles. The van der Waals surface area contributed by atoms with Crippen molar-refractivity contribution < 1.29 is 9.84 Å². The summed E-state index contributed by atoms with van der Waals surface area (Å²) in [6.45, 7) is 3.19. The number of rotatable bonds is 6. The zero-order valence-corrected chi connectivity index (χ0v) is 9.72. The van der Waals surface area contributed by atoms with E-state index in [0.717, 1.165) is 31.6 Å². The minimum atomic E-state index is 0.283. The van der Waals surface area contributed by atoms with Crippen molar-refractivity contribution >= 4 is 0 Å². The van der Waals surface area contributed by atoms with E-state index in [1.165, 1.54) is 5.56 Å². The Balaban J connectivity index is 1.92. The first-order valence-electron chi connectivity index (χ1n) is 6.03. The number of aromatic nitrogens is 1. The maximum absolute atomic E-state index is 9.03. The molecule has 2 rings (SSSR count). The lowest BCUT2D eigenvalue weighted by atomic mass is 10.1. The van der Waals surface area contributed by atoms with Gasteiger partial charge in [0.15, 0.2) is 0 Å². The van der Waals surface area contributed by atoms with Crippen molar-refractivity contribution in [2.45, 2.75) is 32.1 Å². The average molecular weight is 221 g/mol. The molecule has 1 aliphatic rings. The van der Waals surface area contributed by atoms with Crippen LogP contribution in [0.4, 0.5) is 0 Å². The molecule has 1 fully saturated rings. The van der Waals surface area contributed by atoms with Gasteiger partial charge in [-0.1, -0.05) is 13.3 Å². The summed E-state index contributed by atoms with van der Waals surface area (Å²) in [6, 6.07) is 2.06. The molecule has 1 aliphatic carbocycles. The van der Waals surface area contributed by atoms with Crippen LogP contribution < -0.4 is 4.74 Å². The molecular weight excluding hydrogens is 202 g/mol. The maximum Gasteiger partial charge on any atom is 0.137 e. The van der Waals surface area contributed by atoms with Crippen LogP contribution in [0.3, 0.4) is 0 Å². The fraction of sp³-hybridized carbons (Fsp3) is 0.615. The highest BCUT2D eigenvalue weighted by Crippen LogP contribution is 2.47. The molecule has 0 radical (unpaired) electrons. The minimum absolute atomic E-state index is 0.283. The van der Waals surface area contributed by atoms with E-state index in [1.807, 2.05) is 6.20 Å². The van der Waals surface area contributed by atoms with Crippen LogP contribution in [0, 0.1) is 5.92 Å². The smallest absolute Gasteiger partial charge is 0.137 e. The van der Waals surface area contributed by atoms with Crippen LogP contribution in [-0.4, -0.2) is 23.3 Å². The number of hydrogen-bond acceptors (Lipinski definition) is 3. The predicted octanol–water partition coefficient (Wildman–Crippen LogP) is 2.36. The number of unbranched alkanes of at least 4 members (excludes halogenated alkanes) is 1. The molecule has 2 atom stereocenters. The van der Waals surface area contributed by atoms with E-state index >= 15 is 0 Å². The molecule has 3 nitrogen and oxygen atoms in total. The van der Waals surface area contributed by atoms with Crippen LogP contribution in [-0.2, 0) is 0 Å². The van der Waals surface area contributed by atoms with Crippen LogP contribution >= 0.6 is 0 Å². The largest absolute Gasteiger partial charge is 0.492 e. The Morgan fingerprint density at radius 2 is 2.38 bits per heavy atom. The molecule has 0 saturated heterocycles. The zero-order chi connectivity index (χ0) is 11.4. The first kappa shape index (κ1) is 11.4. The van der Waals surface area contributed by atoms with Gasteiger partial charge in [-0.2, -0.15) is 0 Å². The highest BCUT2D eigenvalue weighted by atomic mass is 16.5. The number of nitrogens with zero attached hydrogens (tertiary/aromatic N) is 1.